The van der Waals surface area contributed by atoms with Gasteiger partial charge in [0, 0.05) is 31.9 Å². The molecular weight excluding hydrogens is 368 g/mol. The third kappa shape index (κ3) is 4.37. The van der Waals surface area contributed by atoms with Gasteiger partial charge in [-0.25, -0.2) is 14.5 Å². The van der Waals surface area contributed by atoms with Crippen LogP contribution < -0.4 is 4.90 Å². The Morgan fingerprint density at radius 3 is 2.45 bits per heavy atom. The van der Waals surface area contributed by atoms with Crippen LogP contribution in [0.4, 0.5) is 10.6 Å². The normalized spacial score (nSPS) is 14.1. The van der Waals surface area contributed by atoms with Crippen molar-refractivity contribution in [2.75, 3.05) is 31.1 Å². The molecule has 1 saturated heterocycles. The number of anilines is 1. The second kappa shape index (κ2) is 8.30. The fourth-order valence-corrected chi connectivity index (χ4v) is 3.39. The van der Waals surface area contributed by atoms with Gasteiger partial charge in [0.25, 0.3) is 0 Å². The van der Waals surface area contributed by atoms with Crippen LogP contribution in [0.2, 0.25) is 0 Å². The van der Waals surface area contributed by atoms with E-state index < -0.39 is 0 Å². The monoisotopic (exact) mass is 392 g/mol. The molecule has 0 atom stereocenters. The number of carbonyl (C=O) groups is 1. The number of amides is 1. The van der Waals surface area contributed by atoms with Gasteiger partial charge in [0.2, 0.25) is 0 Å². The summed E-state index contributed by atoms with van der Waals surface area (Å²) in [5.74, 6) is 1.48. The van der Waals surface area contributed by atoms with Crippen molar-refractivity contribution in [3.63, 3.8) is 0 Å². The highest BCUT2D eigenvalue weighted by Crippen LogP contribution is 2.16. The lowest BCUT2D eigenvalue weighted by molar-refractivity contribution is 0.0941. The molecule has 8 heteroatoms. The fraction of sp³-hybridized carbons (Fsp3) is 0.333. The summed E-state index contributed by atoms with van der Waals surface area (Å²) in [6, 6.07) is 11.7. The number of rotatable bonds is 4. The molecule has 1 aliphatic heterocycles. The van der Waals surface area contributed by atoms with E-state index in [0.29, 0.717) is 32.0 Å². The molecule has 0 saturated carbocycles. The summed E-state index contributed by atoms with van der Waals surface area (Å²) >= 11 is 0. The molecule has 8 nitrogen and oxygen atoms in total. The van der Waals surface area contributed by atoms with E-state index in [0.717, 1.165) is 22.8 Å². The van der Waals surface area contributed by atoms with E-state index >= 15 is 0 Å². The van der Waals surface area contributed by atoms with Crippen molar-refractivity contribution in [1.82, 2.24) is 24.6 Å². The van der Waals surface area contributed by atoms with Gasteiger partial charge >= 0.3 is 6.09 Å². The van der Waals surface area contributed by atoms with Gasteiger partial charge in [-0.05, 0) is 25.5 Å². The summed E-state index contributed by atoms with van der Waals surface area (Å²) in [7, 11) is 0. The lowest BCUT2D eigenvalue weighted by Gasteiger charge is -2.34. The molecule has 3 aromatic rings. The minimum atomic E-state index is -0.282. The molecule has 1 fully saturated rings. The summed E-state index contributed by atoms with van der Waals surface area (Å²) in [6.45, 7) is 6.76. The quantitative estimate of drug-likeness (QED) is 0.680. The average molecular weight is 392 g/mol. The van der Waals surface area contributed by atoms with Gasteiger partial charge in [-0.2, -0.15) is 5.10 Å². The fourth-order valence-electron chi connectivity index (χ4n) is 3.39. The molecule has 29 heavy (non-hydrogen) atoms. The van der Waals surface area contributed by atoms with Crippen molar-refractivity contribution in [2.45, 2.75) is 20.5 Å². The Bertz CT molecular complexity index is 980. The van der Waals surface area contributed by atoms with E-state index in [2.05, 4.69) is 15.0 Å². The maximum absolute atomic E-state index is 12.3. The van der Waals surface area contributed by atoms with Crippen LogP contribution in [0.5, 0.6) is 0 Å². The molecule has 0 radical (unpaired) electrons. The van der Waals surface area contributed by atoms with E-state index in [9.17, 15) is 4.79 Å². The molecular formula is C21H24N6O2. The lowest BCUT2D eigenvalue weighted by atomic mass is 10.2. The number of aryl methyl sites for hydroxylation is 2. The largest absolute Gasteiger partial charge is 0.445 e. The zero-order valence-corrected chi connectivity index (χ0v) is 16.7. The first-order valence-corrected chi connectivity index (χ1v) is 9.66. The second-order valence-electron chi connectivity index (χ2n) is 7.09. The Morgan fingerprint density at radius 2 is 1.76 bits per heavy atom. The molecule has 150 valence electrons. The van der Waals surface area contributed by atoms with Crippen molar-refractivity contribution in [2.24, 2.45) is 0 Å². The molecule has 0 unspecified atom stereocenters. The lowest BCUT2D eigenvalue weighted by Crippen LogP contribution is -2.49. The van der Waals surface area contributed by atoms with Crippen LogP contribution >= 0.6 is 0 Å². The minimum Gasteiger partial charge on any atom is -0.445 e. The van der Waals surface area contributed by atoms with Crippen molar-refractivity contribution >= 4 is 11.9 Å². The van der Waals surface area contributed by atoms with Gasteiger partial charge in [-0.1, -0.05) is 30.3 Å². The Balaban J connectivity index is 1.35. The number of hydrogen-bond acceptors (Lipinski definition) is 6. The van der Waals surface area contributed by atoms with Gasteiger partial charge in [-0.3, -0.25) is 4.98 Å². The summed E-state index contributed by atoms with van der Waals surface area (Å²) in [5.41, 5.74) is 2.94. The molecule has 1 aromatic carbocycles. The van der Waals surface area contributed by atoms with E-state index in [1.165, 1.54) is 0 Å². The van der Waals surface area contributed by atoms with Gasteiger partial charge < -0.3 is 14.5 Å². The topological polar surface area (TPSA) is 76.4 Å². The highest BCUT2D eigenvalue weighted by molar-refractivity contribution is 5.68. The van der Waals surface area contributed by atoms with Crippen LogP contribution in [0.1, 0.15) is 17.0 Å². The minimum absolute atomic E-state index is 0.282. The van der Waals surface area contributed by atoms with E-state index in [4.69, 9.17) is 9.72 Å². The third-order valence-electron chi connectivity index (χ3n) is 4.90. The third-order valence-corrected chi connectivity index (χ3v) is 4.90. The first-order valence-electron chi connectivity index (χ1n) is 9.66. The Kier molecular flexibility index (Phi) is 5.41. The van der Waals surface area contributed by atoms with Gasteiger partial charge in [0.05, 0.1) is 18.1 Å². The molecule has 1 amide bonds. The van der Waals surface area contributed by atoms with Crippen molar-refractivity contribution in [1.29, 1.82) is 0 Å². The SMILES string of the molecule is Cc1cc(C)n(-c2cncc(N3CCN(C(=O)OCc4ccccc4)CC3)n2)n1. The summed E-state index contributed by atoms with van der Waals surface area (Å²) < 4.78 is 7.22. The number of carbonyl (C=O) groups excluding carboxylic acids is 1. The van der Waals surface area contributed by atoms with Crippen LogP contribution in [0.3, 0.4) is 0 Å². The van der Waals surface area contributed by atoms with Crippen molar-refractivity contribution in [3.8, 4) is 5.82 Å². The predicted octanol–water partition coefficient (Wildman–Crippen LogP) is 2.74. The van der Waals surface area contributed by atoms with Gasteiger partial charge in [0.15, 0.2) is 5.82 Å². The first kappa shape index (κ1) is 18.9. The number of nitrogens with zero attached hydrogens (tertiary/aromatic N) is 6. The van der Waals surface area contributed by atoms with Crippen molar-refractivity contribution < 1.29 is 9.53 Å². The Hall–Kier alpha value is -3.42. The van der Waals surface area contributed by atoms with Crippen LogP contribution in [0.25, 0.3) is 5.82 Å². The summed E-state index contributed by atoms with van der Waals surface area (Å²) in [4.78, 5) is 25.3. The van der Waals surface area contributed by atoms with Crippen molar-refractivity contribution in [3.05, 3.63) is 65.7 Å². The molecule has 0 bridgehead atoms. The number of hydrogen-bond donors (Lipinski definition) is 0. The molecule has 0 N–H and O–H groups in total. The molecule has 0 spiro atoms. The zero-order valence-electron chi connectivity index (χ0n) is 16.7. The van der Waals surface area contributed by atoms with Crippen LogP contribution in [0, 0.1) is 13.8 Å². The Morgan fingerprint density at radius 1 is 1.03 bits per heavy atom. The predicted molar refractivity (Wildman–Crippen MR) is 109 cm³/mol. The Labute approximate surface area is 169 Å². The van der Waals surface area contributed by atoms with Crippen LogP contribution in [0.15, 0.2) is 48.8 Å². The molecule has 0 aliphatic carbocycles. The summed E-state index contributed by atoms with van der Waals surface area (Å²) in [5, 5.41) is 4.47. The maximum atomic E-state index is 12.3. The van der Waals surface area contributed by atoms with E-state index in [1.807, 2.05) is 50.2 Å². The highest BCUT2D eigenvalue weighted by atomic mass is 16.6. The van der Waals surface area contributed by atoms with E-state index in [1.54, 1.807) is 22.0 Å². The number of ether oxygens (including phenoxy) is 1. The molecule has 2 aromatic heterocycles. The number of benzene rings is 1. The second-order valence-corrected chi connectivity index (χ2v) is 7.09. The van der Waals surface area contributed by atoms with Gasteiger partial charge in [-0.15, -0.1) is 0 Å². The van der Waals surface area contributed by atoms with Crippen LogP contribution in [-0.2, 0) is 11.3 Å². The first-order chi connectivity index (χ1) is 14.1. The standard InChI is InChI=1S/C21H24N6O2/c1-16-12-17(2)27(24-16)20-14-22-13-19(23-20)25-8-10-26(11-9-25)21(28)29-15-18-6-4-3-5-7-18/h3-7,12-14H,8-11,15H2,1-2H3. The molecule has 4 rings (SSSR count). The number of piperazine rings is 1. The van der Waals surface area contributed by atoms with E-state index in [-0.39, 0.29) is 12.7 Å². The zero-order chi connectivity index (χ0) is 20.2. The number of aromatic nitrogens is 4. The average Bonchev–Trinajstić information content (AvgIpc) is 3.11. The smallest absolute Gasteiger partial charge is 0.410 e. The molecule has 3 heterocycles. The highest BCUT2D eigenvalue weighted by Gasteiger charge is 2.23. The van der Waals surface area contributed by atoms with Crippen LogP contribution in [-0.4, -0.2) is 56.9 Å². The maximum Gasteiger partial charge on any atom is 0.410 e. The molecule has 1 aliphatic rings. The summed E-state index contributed by atoms with van der Waals surface area (Å²) in [6.07, 6.45) is 3.18. The van der Waals surface area contributed by atoms with Gasteiger partial charge in [0.1, 0.15) is 12.4 Å².